The van der Waals surface area contributed by atoms with Crippen molar-refractivity contribution in [1.29, 1.82) is 0 Å². The molecular formula is C24H21F3N2O3. The zero-order valence-corrected chi connectivity index (χ0v) is 17.2. The monoisotopic (exact) mass is 442 g/mol. The van der Waals surface area contributed by atoms with Gasteiger partial charge in [-0.15, -0.1) is 0 Å². The first kappa shape index (κ1) is 22.9. The van der Waals surface area contributed by atoms with Gasteiger partial charge in [0.05, 0.1) is 25.3 Å². The maximum Gasteiger partial charge on any atom is 0.416 e. The van der Waals surface area contributed by atoms with Crippen molar-refractivity contribution >= 4 is 12.1 Å². The largest absolute Gasteiger partial charge is 0.493 e. The fourth-order valence-corrected chi connectivity index (χ4v) is 2.88. The number of nitrogens with one attached hydrogen (secondary N) is 1. The van der Waals surface area contributed by atoms with Gasteiger partial charge in [0.25, 0.3) is 0 Å². The fourth-order valence-electron chi connectivity index (χ4n) is 2.88. The summed E-state index contributed by atoms with van der Waals surface area (Å²) >= 11 is 0. The Balaban J connectivity index is 1.57. The molecule has 32 heavy (non-hydrogen) atoms. The summed E-state index contributed by atoms with van der Waals surface area (Å²) in [7, 11) is 1.52. The van der Waals surface area contributed by atoms with E-state index in [4.69, 9.17) is 9.47 Å². The normalized spacial score (nSPS) is 11.4. The smallest absolute Gasteiger partial charge is 0.416 e. The second-order valence-corrected chi connectivity index (χ2v) is 6.85. The predicted molar refractivity (Wildman–Crippen MR) is 115 cm³/mol. The van der Waals surface area contributed by atoms with Gasteiger partial charge in [-0.1, -0.05) is 48.5 Å². The first-order valence-electron chi connectivity index (χ1n) is 9.68. The number of ether oxygens (including phenoxy) is 2. The minimum absolute atomic E-state index is 0.225. The van der Waals surface area contributed by atoms with Crippen LogP contribution >= 0.6 is 0 Å². The van der Waals surface area contributed by atoms with E-state index in [2.05, 4.69) is 10.5 Å². The number of carbonyl (C=O) groups excluding carboxylic acids is 1. The fraction of sp³-hybridized carbons (Fsp3) is 0.167. The Morgan fingerprint density at radius 1 is 0.969 bits per heavy atom. The van der Waals surface area contributed by atoms with Crippen molar-refractivity contribution in [3.63, 3.8) is 0 Å². The summed E-state index contributed by atoms with van der Waals surface area (Å²) in [5.41, 5.74) is 3.42. The molecule has 0 fully saturated rings. The van der Waals surface area contributed by atoms with E-state index in [9.17, 15) is 18.0 Å². The maximum absolute atomic E-state index is 12.8. The molecule has 0 saturated carbocycles. The minimum Gasteiger partial charge on any atom is -0.493 e. The molecule has 0 saturated heterocycles. The molecule has 166 valence electrons. The number of hydrazone groups is 1. The van der Waals surface area contributed by atoms with E-state index in [0.717, 1.165) is 17.7 Å². The number of benzene rings is 3. The van der Waals surface area contributed by atoms with Crippen LogP contribution in [-0.2, 0) is 24.0 Å². The van der Waals surface area contributed by atoms with Crippen LogP contribution in [0.25, 0.3) is 0 Å². The molecule has 3 rings (SSSR count). The molecule has 0 aliphatic heterocycles. The highest BCUT2D eigenvalue weighted by Crippen LogP contribution is 2.30. The van der Waals surface area contributed by atoms with Crippen molar-refractivity contribution in [2.75, 3.05) is 7.11 Å². The van der Waals surface area contributed by atoms with Crippen LogP contribution in [0.3, 0.4) is 0 Å². The molecule has 3 aromatic rings. The average molecular weight is 442 g/mol. The first-order valence-corrected chi connectivity index (χ1v) is 9.68. The van der Waals surface area contributed by atoms with Crippen molar-refractivity contribution < 1.29 is 27.4 Å². The molecule has 0 aromatic heterocycles. The Morgan fingerprint density at radius 3 is 2.44 bits per heavy atom. The maximum atomic E-state index is 12.8. The number of rotatable bonds is 8. The molecule has 1 amide bonds. The van der Waals surface area contributed by atoms with Crippen LogP contribution in [0, 0.1) is 0 Å². The zero-order valence-electron chi connectivity index (χ0n) is 17.2. The summed E-state index contributed by atoms with van der Waals surface area (Å²) in [5.74, 6) is 0.526. The van der Waals surface area contributed by atoms with Crippen LogP contribution in [-0.4, -0.2) is 19.2 Å². The van der Waals surface area contributed by atoms with Gasteiger partial charge in [-0.25, -0.2) is 5.43 Å². The topological polar surface area (TPSA) is 59.9 Å². The molecule has 0 unspecified atom stereocenters. The van der Waals surface area contributed by atoms with Crippen LogP contribution in [0.4, 0.5) is 13.2 Å². The van der Waals surface area contributed by atoms with Crippen molar-refractivity contribution in [3.8, 4) is 11.5 Å². The SMILES string of the molecule is COc1cc(/C=N\NC(=O)Cc2cccc(C(F)(F)F)c2)ccc1OCc1ccccc1. The van der Waals surface area contributed by atoms with Crippen LogP contribution in [0.15, 0.2) is 77.9 Å². The van der Waals surface area contributed by atoms with Gasteiger partial charge in [0, 0.05) is 0 Å². The quantitative estimate of drug-likeness (QED) is 0.395. The molecule has 0 bridgehead atoms. The molecule has 3 aromatic carbocycles. The lowest BCUT2D eigenvalue weighted by molar-refractivity contribution is -0.137. The zero-order chi connectivity index (χ0) is 23.0. The van der Waals surface area contributed by atoms with E-state index in [0.29, 0.717) is 23.7 Å². The van der Waals surface area contributed by atoms with E-state index in [-0.39, 0.29) is 12.0 Å². The summed E-state index contributed by atoms with van der Waals surface area (Å²) < 4.78 is 49.5. The van der Waals surface area contributed by atoms with Gasteiger partial charge < -0.3 is 9.47 Å². The Morgan fingerprint density at radius 2 is 1.72 bits per heavy atom. The van der Waals surface area contributed by atoms with Crippen molar-refractivity contribution in [2.45, 2.75) is 19.2 Å². The first-order chi connectivity index (χ1) is 15.3. The number of hydrogen-bond acceptors (Lipinski definition) is 4. The van der Waals surface area contributed by atoms with Gasteiger partial charge in [-0.3, -0.25) is 4.79 Å². The second-order valence-electron chi connectivity index (χ2n) is 6.85. The summed E-state index contributed by atoms with van der Waals surface area (Å²) in [4.78, 5) is 12.0. The van der Waals surface area contributed by atoms with E-state index in [1.807, 2.05) is 30.3 Å². The molecule has 0 heterocycles. The highest BCUT2D eigenvalue weighted by atomic mass is 19.4. The van der Waals surface area contributed by atoms with Crippen LogP contribution in [0.1, 0.15) is 22.3 Å². The standard InChI is InChI=1S/C24H21F3N2O3/c1-31-22-13-19(10-11-21(22)32-16-17-6-3-2-4-7-17)15-28-29-23(30)14-18-8-5-9-20(12-18)24(25,26)27/h2-13,15H,14,16H2,1H3,(H,29,30)/b28-15-. The van der Waals surface area contributed by atoms with Gasteiger partial charge >= 0.3 is 6.18 Å². The number of nitrogens with zero attached hydrogens (tertiary/aromatic N) is 1. The van der Waals surface area contributed by atoms with E-state index in [1.54, 1.807) is 18.2 Å². The number of halogens is 3. The Bertz CT molecular complexity index is 1080. The van der Waals surface area contributed by atoms with Crippen LogP contribution < -0.4 is 14.9 Å². The molecule has 1 N–H and O–H groups in total. The average Bonchev–Trinajstić information content (AvgIpc) is 2.78. The minimum atomic E-state index is -4.46. The summed E-state index contributed by atoms with van der Waals surface area (Å²) in [6, 6.07) is 19.5. The molecule has 5 nitrogen and oxygen atoms in total. The number of amides is 1. The van der Waals surface area contributed by atoms with Gasteiger partial charge in [0.15, 0.2) is 11.5 Å². The van der Waals surface area contributed by atoms with Crippen molar-refractivity contribution in [2.24, 2.45) is 5.10 Å². The summed E-state index contributed by atoms with van der Waals surface area (Å²) in [5, 5.41) is 3.86. The number of carbonyl (C=O) groups is 1. The van der Waals surface area contributed by atoms with Crippen molar-refractivity contribution in [3.05, 3.63) is 95.1 Å². The highest BCUT2D eigenvalue weighted by Gasteiger charge is 2.30. The lowest BCUT2D eigenvalue weighted by atomic mass is 10.1. The van der Waals surface area contributed by atoms with Crippen LogP contribution in [0.2, 0.25) is 0 Å². The number of methoxy groups -OCH3 is 1. The molecule has 0 aliphatic rings. The molecule has 0 radical (unpaired) electrons. The summed E-state index contributed by atoms with van der Waals surface area (Å²) in [6.07, 6.45) is -3.27. The van der Waals surface area contributed by atoms with E-state index in [1.165, 1.54) is 25.5 Å². The molecule has 0 aliphatic carbocycles. The summed E-state index contributed by atoms with van der Waals surface area (Å²) in [6.45, 7) is 0.385. The molecule has 0 atom stereocenters. The Hall–Kier alpha value is -3.81. The number of hydrogen-bond donors (Lipinski definition) is 1. The van der Waals surface area contributed by atoms with E-state index >= 15 is 0 Å². The molecule has 8 heteroatoms. The van der Waals surface area contributed by atoms with Crippen LogP contribution in [0.5, 0.6) is 11.5 Å². The lowest BCUT2D eigenvalue weighted by Crippen LogP contribution is -2.20. The third-order valence-electron chi connectivity index (χ3n) is 4.45. The Kier molecular flexibility index (Phi) is 7.49. The Labute approximate surface area is 183 Å². The third-order valence-corrected chi connectivity index (χ3v) is 4.45. The van der Waals surface area contributed by atoms with Crippen molar-refractivity contribution in [1.82, 2.24) is 5.43 Å². The van der Waals surface area contributed by atoms with E-state index < -0.39 is 17.6 Å². The second kappa shape index (κ2) is 10.5. The number of alkyl halides is 3. The molecule has 0 spiro atoms. The predicted octanol–water partition coefficient (Wildman–Crippen LogP) is 4.99. The van der Waals surface area contributed by atoms with Gasteiger partial charge in [0.1, 0.15) is 6.61 Å². The molecular weight excluding hydrogens is 421 g/mol. The van der Waals surface area contributed by atoms with Gasteiger partial charge in [-0.05, 0) is 41.0 Å². The van der Waals surface area contributed by atoms with Gasteiger partial charge in [0.2, 0.25) is 5.91 Å². The third kappa shape index (κ3) is 6.60. The van der Waals surface area contributed by atoms with Gasteiger partial charge in [-0.2, -0.15) is 18.3 Å². The lowest BCUT2D eigenvalue weighted by Gasteiger charge is -2.11. The highest BCUT2D eigenvalue weighted by molar-refractivity contribution is 5.84.